The summed E-state index contributed by atoms with van der Waals surface area (Å²) in [5, 5.41) is 13.5. The van der Waals surface area contributed by atoms with Crippen LogP contribution in [0.1, 0.15) is 17.5 Å². The first-order chi connectivity index (χ1) is 13.1. The summed E-state index contributed by atoms with van der Waals surface area (Å²) in [7, 11) is 1.45. The lowest BCUT2D eigenvalue weighted by Crippen LogP contribution is -2.30. The summed E-state index contributed by atoms with van der Waals surface area (Å²) in [4.78, 5) is 26.1. The molecule has 0 bridgehead atoms. The number of methoxy groups -OCH3 is 1. The topological polar surface area (TPSA) is 91.2 Å². The van der Waals surface area contributed by atoms with Crippen LogP contribution in [0.15, 0.2) is 53.6 Å². The van der Waals surface area contributed by atoms with Crippen molar-refractivity contribution in [3.63, 3.8) is 0 Å². The number of hydrogen-bond acceptors (Lipinski definition) is 5. The summed E-state index contributed by atoms with van der Waals surface area (Å²) in [6.07, 6.45) is 1.64. The van der Waals surface area contributed by atoms with E-state index in [1.54, 1.807) is 17.0 Å². The molecule has 1 heterocycles. The third kappa shape index (κ3) is 4.63. The number of carbonyl (C=O) groups is 2. The highest BCUT2D eigenvalue weighted by atomic mass is 16.5. The molecule has 2 aromatic carbocycles. The van der Waals surface area contributed by atoms with Crippen molar-refractivity contribution in [2.75, 3.05) is 13.7 Å². The Morgan fingerprint density at radius 3 is 2.85 bits per heavy atom. The van der Waals surface area contributed by atoms with Crippen LogP contribution in [-0.4, -0.2) is 41.7 Å². The number of nitrogens with one attached hydrogen (secondary N) is 1. The molecule has 1 saturated heterocycles. The van der Waals surface area contributed by atoms with Gasteiger partial charge in [-0.3, -0.25) is 9.59 Å². The molecule has 3 rings (SSSR count). The summed E-state index contributed by atoms with van der Waals surface area (Å²) in [5.41, 5.74) is 4.18. The largest absolute Gasteiger partial charge is 0.504 e. The lowest BCUT2D eigenvalue weighted by Gasteiger charge is -2.16. The van der Waals surface area contributed by atoms with Crippen LogP contribution in [0, 0.1) is 5.92 Å². The Bertz CT molecular complexity index is 852. The van der Waals surface area contributed by atoms with Gasteiger partial charge in [0.1, 0.15) is 0 Å². The predicted octanol–water partition coefficient (Wildman–Crippen LogP) is 1.90. The number of hydrazone groups is 1. The van der Waals surface area contributed by atoms with Gasteiger partial charge in [0.15, 0.2) is 11.5 Å². The lowest BCUT2D eigenvalue weighted by atomic mass is 10.1. The first-order valence-corrected chi connectivity index (χ1v) is 8.58. The van der Waals surface area contributed by atoms with E-state index < -0.39 is 5.92 Å². The summed E-state index contributed by atoms with van der Waals surface area (Å²) in [6, 6.07) is 14.4. The first-order valence-electron chi connectivity index (χ1n) is 8.58. The lowest BCUT2D eigenvalue weighted by molar-refractivity contribution is -0.129. The first kappa shape index (κ1) is 18.4. The molecule has 0 aromatic heterocycles. The second kappa shape index (κ2) is 8.35. The van der Waals surface area contributed by atoms with E-state index in [0.717, 1.165) is 5.56 Å². The monoisotopic (exact) mass is 367 g/mol. The van der Waals surface area contributed by atoms with Crippen molar-refractivity contribution in [2.24, 2.45) is 11.0 Å². The number of rotatable bonds is 6. The summed E-state index contributed by atoms with van der Waals surface area (Å²) < 4.78 is 5.02. The average Bonchev–Trinajstić information content (AvgIpc) is 3.04. The molecule has 0 aliphatic carbocycles. The van der Waals surface area contributed by atoms with Crippen molar-refractivity contribution in [1.82, 2.24) is 10.3 Å². The number of benzene rings is 2. The highest BCUT2D eigenvalue weighted by Crippen LogP contribution is 2.25. The number of phenols is 1. The zero-order valence-corrected chi connectivity index (χ0v) is 15.0. The number of likely N-dealkylation sites (tertiary alicyclic amines) is 1. The third-order valence-corrected chi connectivity index (χ3v) is 4.39. The molecule has 1 fully saturated rings. The standard InChI is InChI=1S/C20H21N3O4/c1-27-18-9-15(7-8-17(18)24)11-21-22-20(26)16-10-19(25)23(13-16)12-14-5-3-2-4-6-14/h2-9,11,16,24H,10,12-13H2,1H3,(H,22,26)/b21-11+. The number of phenolic OH excluding ortho intramolecular Hbond substituents is 1. The smallest absolute Gasteiger partial charge is 0.245 e. The maximum absolute atomic E-state index is 12.3. The molecule has 0 radical (unpaired) electrons. The van der Waals surface area contributed by atoms with Crippen molar-refractivity contribution in [3.05, 3.63) is 59.7 Å². The van der Waals surface area contributed by atoms with E-state index in [4.69, 9.17) is 4.74 Å². The van der Waals surface area contributed by atoms with E-state index in [9.17, 15) is 14.7 Å². The Hall–Kier alpha value is -3.35. The molecule has 7 heteroatoms. The Morgan fingerprint density at radius 1 is 1.33 bits per heavy atom. The molecule has 0 spiro atoms. The molecular weight excluding hydrogens is 346 g/mol. The number of nitrogens with zero attached hydrogens (tertiary/aromatic N) is 2. The molecule has 1 atom stereocenters. The summed E-state index contributed by atoms with van der Waals surface area (Å²) >= 11 is 0. The Morgan fingerprint density at radius 2 is 2.11 bits per heavy atom. The molecular formula is C20H21N3O4. The highest BCUT2D eigenvalue weighted by Gasteiger charge is 2.34. The van der Waals surface area contributed by atoms with Gasteiger partial charge in [0.25, 0.3) is 0 Å². The van der Waals surface area contributed by atoms with Crippen molar-refractivity contribution < 1.29 is 19.4 Å². The molecule has 2 aromatic rings. The van der Waals surface area contributed by atoms with Gasteiger partial charge in [0.05, 0.1) is 19.2 Å². The molecule has 0 saturated carbocycles. The molecule has 1 unspecified atom stereocenters. The molecule has 7 nitrogen and oxygen atoms in total. The Balaban J connectivity index is 1.55. The molecule has 2 N–H and O–H groups in total. The van der Waals surface area contributed by atoms with Crippen LogP contribution in [-0.2, 0) is 16.1 Å². The Labute approximate surface area is 157 Å². The average molecular weight is 367 g/mol. The SMILES string of the molecule is COc1cc(/C=N/NC(=O)C2CC(=O)N(Cc3ccccc3)C2)ccc1O. The van der Waals surface area contributed by atoms with Crippen molar-refractivity contribution in [1.29, 1.82) is 0 Å². The van der Waals surface area contributed by atoms with Gasteiger partial charge >= 0.3 is 0 Å². The van der Waals surface area contributed by atoms with Crippen LogP contribution in [0.4, 0.5) is 0 Å². The second-order valence-corrected chi connectivity index (χ2v) is 6.33. The van der Waals surface area contributed by atoms with E-state index in [1.807, 2.05) is 30.3 Å². The second-order valence-electron chi connectivity index (χ2n) is 6.33. The number of amides is 2. The molecule has 27 heavy (non-hydrogen) atoms. The Kier molecular flexibility index (Phi) is 5.71. The van der Waals surface area contributed by atoms with Gasteiger partial charge in [-0.2, -0.15) is 5.10 Å². The van der Waals surface area contributed by atoms with E-state index in [-0.39, 0.29) is 24.0 Å². The van der Waals surface area contributed by atoms with Crippen LogP contribution in [0.5, 0.6) is 11.5 Å². The van der Waals surface area contributed by atoms with Crippen molar-refractivity contribution >= 4 is 18.0 Å². The molecule has 1 aliphatic rings. The highest BCUT2D eigenvalue weighted by molar-refractivity contribution is 5.90. The van der Waals surface area contributed by atoms with E-state index in [1.165, 1.54) is 19.4 Å². The minimum absolute atomic E-state index is 0.0293. The van der Waals surface area contributed by atoms with Crippen molar-refractivity contribution in [3.8, 4) is 11.5 Å². The zero-order valence-electron chi connectivity index (χ0n) is 15.0. The van der Waals surface area contributed by atoms with Gasteiger partial charge in [0, 0.05) is 19.5 Å². The minimum Gasteiger partial charge on any atom is -0.504 e. The number of ether oxygens (including phenoxy) is 1. The molecule has 140 valence electrons. The van der Waals surface area contributed by atoms with Crippen LogP contribution in [0.3, 0.4) is 0 Å². The van der Waals surface area contributed by atoms with E-state index >= 15 is 0 Å². The third-order valence-electron chi connectivity index (χ3n) is 4.39. The van der Waals surface area contributed by atoms with Crippen LogP contribution in [0.25, 0.3) is 0 Å². The number of hydrogen-bond donors (Lipinski definition) is 2. The summed E-state index contributed by atoms with van der Waals surface area (Å²) in [5.74, 6) is -0.398. The molecule has 2 amide bonds. The normalized spacial score (nSPS) is 16.7. The maximum Gasteiger partial charge on any atom is 0.245 e. The maximum atomic E-state index is 12.3. The summed E-state index contributed by atoms with van der Waals surface area (Å²) in [6.45, 7) is 0.877. The van der Waals surface area contributed by atoms with Gasteiger partial charge in [-0.05, 0) is 29.3 Å². The fraction of sp³-hybridized carbons (Fsp3) is 0.250. The van der Waals surface area contributed by atoms with Crippen LogP contribution in [0.2, 0.25) is 0 Å². The van der Waals surface area contributed by atoms with Gasteiger partial charge in [-0.1, -0.05) is 30.3 Å². The van der Waals surface area contributed by atoms with E-state index in [0.29, 0.717) is 24.4 Å². The molecule has 1 aliphatic heterocycles. The van der Waals surface area contributed by atoms with E-state index in [2.05, 4.69) is 10.5 Å². The van der Waals surface area contributed by atoms with Gasteiger partial charge in [-0.15, -0.1) is 0 Å². The van der Waals surface area contributed by atoms with Gasteiger partial charge in [-0.25, -0.2) is 5.43 Å². The number of aromatic hydroxyl groups is 1. The van der Waals surface area contributed by atoms with Crippen molar-refractivity contribution in [2.45, 2.75) is 13.0 Å². The number of carbonyl (C=O) groups excluding carboxylic acids is 2. The predicted molar refractivity (Wildman–Crippen MR) is 100 cm³/mol. The van der Waals surface area contributed by atoms with Gasteiger partial charge in [0.2, 0.25) is 11.8 Å². The van der Waals surface area contributed by atoms with Crippen LogP contribution < -0.4 is 10.2 Å². The fourth-order valence-corrected chi connectivity index (χ4v) is 2.94. The zero-order chi connectivity index (χ0) is 19.2. The van der Waals surface area contributed by atoms with Crippen LogP contribution >= 0.6 is 0 Å². The quantitative estimate of drug-likeness (QED) is 0.603. The minimum atomic E-state index is -0.423. The fourth-order valence-electron chi connectivity index (χ4n) is 2.94. The van der Waals surface area contributed by atoms with Gasteiger partial charge < -0.3 is 14.7 Å².